The molecule has 0 aliphatic rings. The van der Waals surface area contributed by atoms with Crippen LogP contribution in [0.15, 0.2) is 72.8 Å². The maximum absolute atomic E-state index is 13.7. The van der Waals surface area contributed by atoms with E-state index < -0.39 is 17.8 Å². The number of urea groups is 1. The van der Waals surface area contributed by atoms with Crippen molar-refractivity contribution in [3.05, 3.63) is 84.2 Å². The molecular weight excluding hydrogens is 379 g/mol. The van der Waals surface area contributed by atoms with Gasteiger partial charge >= 0.3 is 6.03 Å². The first-order chi connectivity index (χ1) is 13.4. The number of thiol groups is 1. The highest BCUT2D eigenvalue weighted by Gasteiger charge is 2.14. The predicted octanol–water partition coefficient (Wildman–Crippen LogP) is 4.54. The van der Waals surface area contributed by atoms with Crippen LogP contribution in [-0.4, -0.2) is 11.9 Å². The lowest BCUT2D eigenvalue weighted by molar-refractivity contribution is 0.102. The van der Waals surface area contributed by atoms with Crippen LogP contribution in [0.1, 0.15) is 10.4 Å². The Hall–Kier alpha value is -3.52. The SMILES string of the molecule is Nc1cccc(NC(=O)N(S)c2ccc(NC(=O)c3ccccc3F)cc2)c1. The van der Waals surface area contributed by atoms with Crippen LogP contribution >= 0.6 is 12.8 Å². The van der Waals surface area contributed by atoms with Crippen molar-refractivity contribution < 1.29 is 14.0 Å². The molecule has 28 heavy (non-hydrogen) atoms. The first-order valence-corrected chi connectivity index (χ1v) is 8.65. The number of hydrogen-bond acceptors (Lipinski definition) is 4. The van der Waals surface area contributed by atoms with Gasteiger partial charge in [0.15, 0.2) is 0 Å². The first-order valence-electron chi connectivity index (χ1n) is 8.25. The summed E-state index contributed by atoms with van der Waals surface area (Å²) in [5.41, 5.74) is 7.64. The van der Waals surface area contributed by atoms with Gasteiger partial charge < -0.3 is 16.4 Å². The summed E-state index contributed by atoms with van der Waals surface area (Å²) in [6.45, 7) is 0. The number of hydrogen-bond donors (Lipinski definition) is 4. The zero-order valence-electron chi connectivity index (χ0n) is 14.6. The highest BCUT2D eigenvalue weighted by atomic mass is 32.1. The van der Waals surface area contributed by atoms with E-state index >= 15 is 0 Å². The van der Waals surface area contributed by atoms with Gasteiger partial charge in [-0.1, -0.05) is 31.0 Å². The van der Waals surface area contributed by atoms with E-state index in [2.05, 4.69) is 23.4 Å². The fourth-order valence-corrected chi connectivity index (χ4v) is 2.62. The third-order valence-corrected chi connectivity index (χ3v) is 4.23. The van der Waals surface area contributed by atoms with Crippen LogP contribution in [0.4, 0.5) is 31.9 Å². The van der Waals surface area contributed by atoms with E-state index in [1.165, 1.54) is 18.2 Å². The number of benzene rings is 3. The number of rotatable bonds is 4. The van der Waals surface area contributed by atoms with Gasteiger partial charge in [0, 0.05) is 17.1 Å². The van der Waals surface area contributed by atoms with Crippen LogP contribution in [0.3, 0.4) is 0 Å². The lowest BCUT2D eigenvalue weighted by atomic mass is 10.2. The normalized spacial score (nSPS) is 10.2. The zero-order chi connectivity index (χ0) is 20.1. The zero-order valence-corrected chi connectivity index (χ0v) is 15.5. The van der Waals surface area contributed by atoms with Crippen molar-refractivity contribution in [1.29, 1.82) is 0 Å². The summed E-state index contributed by atoms with van der Waals surface area (Å²) in [7, 11) is 0. The molecule has 0 saturated heterocycles. The van der Waals surface area contributed by atoms with E-state index in [0.717, 1.165) is 4.31 Å². The molecule has 0 spiro atoms. The molecule has 0 atom stereocenters. The summed E-state index contributed by atoms with van der Waals surface area (Å²) in [5.74, 6) is -1.16. The second-order valence-electron chi connectivity index (χ2n) is 5.85. The lowest BCUT2D eigenvalue weighted by Gasteiger charge is -2.17. The van der Waals surface area contributed by atoms with Gasteiger partial charge in [0.05, 0.1) is 11.3 Å². The van der Waals surface area contributed by atoms with Crippen LogP contribution in [0.5, 0.6) is 0 Å². The Bertz CT molecular complexity index is 1010. The van der Waals surface area contributed by atoms with Gasteiger partial charge in [0.1, 0.15) is 5.82 Å². The molecule has 0 unspecified atom stereocenters. The highest BCUT2D eigenvalue weighted by molar-refractivity contribution is 7.82. The summed E-state index contributed by atoms with van der Waals surface area (Å²) >= 11 is 4.20. The summed E-state index contributed by atoms with van der Waals surface area (Å²) in [5, 5.41) is 5.28. The molecule has 142 valence electrons. The molecule has 0 aliphatic heterocycles. The van der Waals surface area contributed by atoms with E-state index in [0.29, 0.717) is 22.7 Å². The number of carbonyl (C=O) groups excluding carboxylic acids is 2. The number of nitrogen functional groups attached to an aromatic ring is 1. The largest absolute Gasteiger partial charge is 0.399 e. The van der Waals surface area contributed by atoms with Crippen LogP contribution in [-0.2, 0) is 0 Å². The molecule has 0 heterocycles. The topological polar surface area (TPSA) is 87.5 Å². The summed E-state index contributed by atoms with van der Waals surface area (Å²) < 4.78 is 14.8. The molecule has 0 bridgehead atoms. The maximum atomic E-state index is 13.7. The number of halogens is 1. The van der Waals surface area contributed by atoms with Crippen molar-refractivity contribution in [3.8, 4) is 0 Å². The molecular formula is C20H17FN4O2S. The smallest absolute Gasteiger partial charge is 0.336 e. The molecule has 3 rings (SSSR count). The van der Waals surface area contributed by atoms with Gasteiger partial charge in [0.2, 0.25) is 0 Å². The molecule has 0 aliphatic carbocycles. The monoisotopic (exact) mass is 396 g/mol. The lowest BCUT2D eigenvalue weighted by Crippen LogP contribution is -2.26. The van der Waals surface area contributed by atoms with Crippen molar-refractivity contribution >= 4 is 47.5 Å². The molecule has 4 N–H and O–H groups in total. The number of amides is 3. The molecule has 0 saturated carbocycles. The average molecular weight is 396 g/mol. The number of nitrogens with two attached hydrogens (primary N) is 1. The van der Waals surface area contributed by atoms with Crippen molar-refractivity contribution in [2.75, 3.05) is 20.7 Å². The van der Waals surface area contributed by atoms with Crippen LogP contribution in [0, 0.1) is 5.82 Å². The average Bonchev–Trinajstić information content (AvgIpc) is 2.68. The van der Waals surface area contributed by atoms with Gasteiger partial charge in [-0.3, -0.25) is 4.79 Å². The van der Waals surface area contributed by atoms with E-state index in [-0.39, 0.29) is 5.56 Å². The van der Waals surface area contributed by atoms with Crippen LogP contribution in [0.2, 0.25) is 0 Å². The predicted molar refractivity (Wildman–Crippen MR) is 112 cm³/mol. The molecule has 3 aromatic rings. The molecule has 0 aromatic heterocycles. The quantitative estimate of drug-likeness (QED) is 0.386. The van der Waals surface area contributed by atoms with Gasteiger partial charge in [-0.25, -0.2) is 13.5 Å². The minimum atomic E-state index is -0.601. The number of anilines is 4. The number of carbonyl (C=O) groups is 2. The Labute approximate surface area is 166 Å². The van der Waals surface area contributed by atoms with Gasteiger partial charge in [0.25, 0.3) is 5.91 Å². The molecule has 6 nitrogen and oxygen atoms in total. The summed E-state index contributed by atoms with van der Waals surface area (Å²) in [4.78, 5) is 24.4. The van der Waals surface area contributed by atoms with Gasteiger partial charge in [-0.2, -0.15) is 0 Å². The minimum absolute atomic E-state index is 0.0519. The molecule has 0 radical (unpaired) electrons. The summed E-state index contributed by atoms with van der Waals surface area (Å²) in [6.07, 6.45) is 0. The standard InChI is InChI=1S/C20H17FN4O2S/c21-18-7-2-1-6-17(18)19(26)23-14-8-10-16(11-9-14)25(28)20(27)24-15-5-3-4-13(22)12-15/h1-12,28H,22H2,(H,23,26)(H,24,27). The second kappa shape index (κ2) is 8.45. The van der Waals surface area contributed by atoms with Crippen LogP contribution in [0.25, 0.3) is 0 Å². The highest BCUT2D eigenvalue weighted by Crippen LogP contribution is 2.22. The van der Waals surface area contributed by atoms with Gasteiger partial charge in [-0.05, 0) is 54.6 Å². The molecule has 3 amide bonds. The summed E-state index contributed by atoms with van der Waals surface area (Å²) in [6, 6.07) is 18.4. The fourth-order valence-electron chi connectivity index (χ4n) is 2.44. The van der Waals surface area contributed by atoms with Crippen molar-refractivity contribution in [1.82, 2.24) is 0 Å². The van der Waals surface area contributed by atoms with Crippen molar-refractivity contribution in [2.24, 2.45) is 0 Å². The third-order valence-electron chi connectivity index (χ3n) is 3.82. The maximum Gasteiger partial charge on any atom is 0.336 e. The molecule has 8 heteroatoms. The first kappa shape index (κ1) is 19.2. The van der Waals surface area contributed by atoms with E-state index in [1.807, 2.05) is 0 Å². The Morgan fingerprint density at radius 2 is 1.61 bits per heavy atom. The number of nitrogens with zero attached hydrogens (tertiary/aromatic N) is 1. The molecule has 0 fully saturated rings. The van der Waals surface area contributed by atoms with Gasteiger partial charge in [-0.15, -0.1) is 0 Å². The minimum Gasteiger partial charge on any atom is -0.399 e. The van der Waals surface area contributed by atoms with Crippen molar-refractivity contribution in [2.45, 2.75) is 0 Å². The Morgan fingerprint density at radius 3 is 2.29 bits per heavy atom. The van der Waals surface area contributed by atoms with Crippen LogP contribution < -0.4 is 20.7 Å². The Kier molecular flexibility index (Phi) is 5.81. The third kappa shape index (κ3) is 4.60. The van der Waals surface area contributed by atoms with E-state index in [1.54, 1.807) is 54.6 Å². The second-order valence-corrected chi connectivity index (χ2v) is 6.25. The van der Waals surface area contributed by atoms with E-state index in [4.69, 9.17) is 5.73 Å². The van der Waals surface area contributed by atoms with Crippen molar-refractivity contribution in [3.63, 3.8) is 0 Å². The fraction of sp³-hybridized carbons (Fsp3) is 0. The number of nitrogens with one attached hydrogen (secondary N) is 2. The molecule has 3 aromatic carbocycles. The Balaban J connectivity index is 1.65. The Morgan fingerprint density at radius 1 is 0.893 bits per heavy atom. The van der Waals surface area contributed by atoms with E-state index in [9.17, 15) is 14.0 Å².